The lowest BCUT2D eigenvalue weighted by Crippen LogP contribution is -2.11. The van der Waals surface area contributed by atoms with Crippen LogP contribution in [0.15, 0.2) is 66.7 Å². The molecule has 0 atom stereocenters. The maximum atomic E-state index is 2.32. The van der Waals surface area contributed by atoms with Gasteiger partial charge in [-0.05, 0) is 47.1 Å². The highest BCUT2D eigenvalue weighted by atomic mass is 14.2. The van der Waals surface area contributed by atoms with Crippen molar-refractivity contribution in [3.05, 3.63) is 106 Å². The van der Waals surface area contributed by atoms with Gasteiger partial charge in [0.15, 0.2) is 0 Å². The monoisotopic (exact) mass is 366 g/mol. The fourth-order valence-corrected chi connectivity index (χ4v) is 3.06. The van der Waals surface area contributed by atoms with Crippen LogP contribution in [-0.4, -0.2) is 0 Å². The van der Waals surface area contributed by atoms with Gasteiger partial charge in [-0.3, -0.25) is 0 Å². The summed E-state index contributed by atoms with van der Waals surface area (Å²) in [7, 11) is 0. The average molecular weight is 367 g/mol. The third-order valence-corrected chi connectivity index (χ3v) is 5.02. The molecule has 0 fully saturated rings. The zero-order chi connectivity index (χ0) is 20.1. The van der Waals surface area contributed by atoms with Crippen molar-refractivity contribution in [2.45, 2.75) is 40.0 Å². The highest BCUT2D eigenvalue weighted by molar-refractivity contribution is 5.80. The van der Waals surface area contributed by atoms with E-state index in [9.17, 15) is 0 Å². The maximum absolute atomic E-state index is 2.32. The van der Waals surface area contributed by atoms with E-state index in [1.165, 1.54) is 38.9 Å². The molecule has 0 aromatic heterocycles. The molecule has 0 heterocycles. The van der Waals surface area contributed by atoms with Gasteiger partial charge in [0, 0.05) is 0 Å². The summed E-state index contributed by atoms with van der Waals surface area (Å²) in [6, 6.07) is 24.1. The fraction of sp³-hybridized carbons (Fsp3) is 0.214. The SMILES string of the molecule is Cc1ccc(C=Cc2ccc(C(C)(C)C)cc2C=Cc2ccc(C)cc2)cc1. The first-order valence-electron chi connectivity index (χ1n) is 9.95. The third kappa shape index (κ3) is 5.33. The van der Waals surface area contributed by atoms with Crippen molar-refractivity contribution >= 4 is 24.3 Å². The van der Waals surface area contributed by atoms with Crippen LogP contribution < -0.4 is 0 Å². The molecule has 28 heavy (non-hydrogen) atoms. The molecule has 3 aromatic rings. The van der Waals surface area contributed by atoms with Crippen LogP contribution in [0.3, 0.4) is 0 Å². The smallest absolute Gasteiger partial charge is 0.0132 e. The summed E-state index contributed by atoms with van der Waals surface area (Å²) in [6.45, 7) is 11.0. The summed E-state index contributed by atoms with van der Waals surface area (Å²) in [5, 5.41) is 0. The van der Waals surface area contributed by atoms with E-state index in [1.54, 1.807) is 0 Å². The van der Waals surface area contributed by atoms with Crippen molar-refractivity contribution < 1.29 is 0 Å². The quantitative estimate of drug-likeness (QED) is 0.411. The van der Waals surface area contributed by atoms with Crippen molar-refractivity contribution in [2.24, 2.45) is 0 Å². The first-order valence-corrected chi connectivity index (χ1v) is 9.95. The third-order valence-electron chi connectivity index (χ3n) is 5.02. The first-order chi connectivity index (χ1) is 13.3. The second kappa shape index (κ2) is 8.44. The minimum Gasteiger partial charge on any atom is -0.0587 e. The van der Waals surface area contributed by atoms with E-state index in [-0.39, 0.29) is 5.41 Å². The zero-order valence-electron chi connectivity index (χ0n) is 17.7. The summed E-state index contributed by atoms with van der Waals surface area (Å²) in [5.41, 5.74) is 8.98. The Hall–Kier alpha value is -2.86. The number of rotatable bonds is 4. The van der Waals surface area contributed by atoms with Crippen molar-refractivity contribution in [1.29, 1.82) is 0 Å². The van der Waals surface area contributed by atoms with Gasteiger partial charge in [-0.25, -0.2) is 0 Å². The molecule has 0 heteroatoms. The molecular weight excluding hydrogens is 336 g/mol. The van der Waals surface area contributed by atoms with Gasteiger partial charge in [-0.15, -0.1) is 0 Å². The molecule has 0 N–H and O–H groups in total. The second-order valence-corrected chi connectivity index (χ2v) is 8.58. The van der Waals surface area contributed by atoms with Gasteiger partial charge >= 0.3 is 0 Å². The molecular formula is C28H30. The Morgan fingerprint density at radius 3 is 1.46 bits per heavy atom. The zero-order valence-corrected chi connectivity index (χ0v) is 17.7. The molecule has 0 amide bonds. The minimum atomic E-state index is 0.131. The predicted molar refractivity (Wildman–Crippen MR) is 125 cm³/mol. The van der Waals surface area contributed by atoms with Gasteiger partial charge in [0.2, 0.25) is 0 Å². The van der Waals surface area contributed by atoms with Crippen molar-refractivity contribution in [1.82, 2.24) is 0 Å². The molecule has 0 saturated heterocycles. The largest absolute Gasteiger partial charge is 0.0587 e. The number of hydrogen-bond donors (Lipinski definition) is 0. The molecule has 0 unspecified atom stereocenters. The molecule has 0 nitrogen and oxygen atoms in total. The number of benzene rings is 3. The molecule has 0 aliphatic heterocycles. The van der Waals surface area contributed by atoms with Crippen LogP contribution in [0.4, 0.5) is 0 Å². The Kier molecular flexibility index (Phi) is 5.99. The number of aryl methyl sites for hydroxylation is 2. The molecule has 0 aliphatic rings. The summed E-state index contributed by atoms with van der Waals surface area (Å²) < 4.78 is 0. The number of hydrogen-bond acceptors (Lipinski definition) is 0. The Morgan fingerprint density at radius 1 is 0.536 bits per heavy atom. The van der Waals surface area contributed by atoms with Gasteiger partial charge in [-0.2, -0.15) is 0 Å². The molecule has 0 radical (unpaired) electrons. The van der Waals surface area contributed by atoms with E-state index >= 15 is 0 Å². The lowest BCUT2D eigenvalue weighted by molar-refractivity contribution is 0.590. The van der Waals surface area contributed by atoms with Crippen molar-refractivity contribution in [3.8, 4) is 0 Å². The van der Waals surface area contributed by atoms with Crippen molar-refractivity contribution in [2.75, 3.05) is 0 Å². The van der Waals surface area contributed by atoms with Gasteiger partial charge in [0.25, 0.3) is 0 Å². The van der Waals surface area contributed by atoms with Gasteiger partial charge in [-0.1, -0.05) is 123 Å². The predicted octanol–water partition coefficient (Wildman–Crippen LogP) is 7.94. The van der Waals surface area contributed by atoms with Crippen LogP contribution in [0.2, 0.25) is 0 Å². The Balaban J connectivity index is 1.96. The topological polar surface area (TPSA) is 0 Å². The van der Waals surface area contributed by atoms with Gasteiger partial charge in [0.1, 0.15) is 0 Å². The van der Waals surface area contributed by atoms with Crippen LogP contribution in [0, 0.1) is 13.8 Å². The van der Waals surface area contributed by atoms with Crippen LogP contribution in [-0.2, 0) is 5.41 Å². The van der Waals surface area contributed by atoms with Gasteiger partial charge in [0.05, 0.1) is 0 Å². The van der Waals surface area contributed by atoms with E-state index in [0.29, 0.717) is 0 Å². The normalized spacial score (nSPS) is 12.2. The van der Waals surface area contributed by atoms with Crippen LogP contribution in [0.25, 0.3) is 24.3 Å². The summed E-state index contributed by atoms with van der Waals surface area (Å²) >= 11 is 0. The maximum Gasteiger partial charge on any atom is -0.0132 e. The second-order valence-electron chi connectivity index (χ2n) is 8.58. The summed E-state index contributed by atoms with van der Waals surface area (Å²) in [6.07, 6.45) is 8.83. The standard InChI is InChI=1S/C28H30/c1-21-6-10-23(11-7-21)14-16-25-18-19-27(28(3,4)5)20-26(25)17-15-24-12-8-22(2)9-13-24/h6-20H,1-5H3. The first kappa shape index (κ1) is 19.9. The van der Waals surface area contributed by atoms with Crippen LogP contribution in [0.5, 0.6) is 0 Å². The molecule has 0 spiro atoms. The van der Waals surface area contributed by atoms with E-state index in [0.717, 1.165) is 0 Å². The summed E-state index contributed by atoms with van der Waals surface area (Å²) in [5.74, 6) is 0. The van der Waals surface area contributed by atoms with Crippen molar-refractivity contribution in [3.63, 3.8) is 0 Å². The molecule has 3 rings (SSSR count). The van der Waals surface area contributed by atoms with E-state index in [1.807, 2.05) is 0 Å². The van der Waals surface area contributed by atoms with E-state index < -0.39 is 0 Å². The molecule has 0 bridgehead atoms. The lowest BCUT2D eigenvalue weighted by Gasteiger charge is -2.20. The van der Waals surface area contributed by atoms with Gasteiger partial charge < -0.3 is 0 Å². The molecule has 3 aromatic carbocycles. The Bertz CT molecular complexity index is 976. The molecule has 0 saturated carbocycles. The highest BCUT2D eigenvalue weighted by Crippen LogP contribution is 2.27. The van der Waals surface area contributed by atoms with E-state index in [2.05, 4.69) is 126 Å². The Labute approximate surface area is 170 Å². The van der Waals surface area contributed by atoms with E-state index in [4.69, 9.17) is 0 Å². The van der Waals surface area contributed by atoms with Crippen LogP contribution >= 0.6 is 0 Å². The highest BCUT2D eigenvalue weighted by Gasteiger charge is 2.14. The minimum absolute atomic E-state index is 0.131. The molecule has 142 valence electrons. The summed E-state index contributed by atoms with van der Waals surface area (Å²) in [4.78, 5) is 0. The average Bonchev–Trinajstić information content (AvgIpc) is 2.66. The fourth-order valence-electron chi connectivity index (χ4n) is 3.06. The Morgan fingerprint density at radius 2 is 1.00 bits per heavy atom. The van der Waals surface area contributed by atoms with Crippen LogP contribution in [0.1, 0.15) is 59.7 Å². The lowest BCUT2D eigenvalue weighted by atomic mass is 9.85. The molecule has 0 aliphatic carbocycles.